The highest BCUT2D eigenvalue weighted by molar-refractivity contribution is 7.74. The Morgan fingerprint density at radius 1 is 1.00 bits per heavy atom. The Labute approximate surface area is 261 Å². The van der Waals surface area contributed by atoms with Crippen molar-refractivity contribution >= 4 is 69.3 Å². The largest absolute Gasteiger partial charge is 0.496 e. The van der Waals surface area contributed by atoms with E-state index < -0.39 is 35.2 Å². The van der Waals surface area contributed by atoms with E-state index in [2.05, 4.69) is 0 Å². The summed E-state index contributed by atoms with van der Waals surface area (Å²) in [6.45, 7) is 7.86. The Morgan fingerprint density at radius 3 is 2.21 bits per heavy atom. The molecule has 4 aromatic rings. The molecule has 8 nitrogen and oxygen atoms in total. The second-order valence-corrected chi connectivity index (χ2v) is 13.8. The van der Waals surface area contributed by atoms with E-state index in [1.165, 1.54) is 4.31 Å². The number of rotatable bonds is 8. The van der Waals surface area contributed by atoms with Crippen LogP contribution in [0.5, 0.6) is 0 Å². The zero-order valence-electron chi connectivity index (χ0n) is 24.0. The third-order valence-electron chi connectivity index (χ3n) is 8.55. The van der Waals surface area contributed by atoms with Crippen LogP contribution in [0.4, 0.5) is 5.69 Å². The minimum atomic E-state index is -3.08. The smallest absolute Gasteiger partial charge is 0.478 e. The molecular formula is C31H30BCl2NO7S. The lowest BCUT2D eigenvalue weighted by Gasteiger charge is -2.32. The molecule has 224 valence electrons. The number of halogens is 2. The average Bonchev–Trinajstić information content (AvgIpc) is 3.66. The number of thiol groups is 1. The van der Waals surface area contributed by atoms with Crippen LogP contribution in [-0.4, -0.2) is 37.8 Å². The highest BCUT2D eigenvalue weighted by Gasteiger charge is 2.52. The van der Waals surface area contributed by atoms with Crippen LogP contribution in [0.25, 0.3) is 22.3 Å². The quantitative estimate of drug-likeness (QED) is 0.161. The number of hydrogen-bond acceptors (Lipinski definition) is 6. The van der Waals surface area contributed by atoms with Gasteiger partial charge in [0.1, 0.15) is 16.9 Å². The number of carboxylic acid groups (broad SMARTS) is 1. The van der Waals surface area contributed by atoms with Crippen LogP contribution in [0.3, 0.4) is 0 Å². The maximum Gasteiger partial charge on any atom is 0.496 e. The highest BCUT2D eigenvalue weighted by atomic mass is 35.5. The molecule has 3 aromatic carbocycles. The second-order valence-electron chi connectivity index (χ2n) is 12.0. The molecule has 0 amide bonds. The molecule has 2 aliphatic rings. The molecule has 0 radical (unpaired) electrons. The summed E-state index contributed by atoms with van der Waals surface area (Å²) >= 11 is 12.7. The summed E-state index contributed by atoms with van der Waals surface area (Å²) < 4.78 is 45.1. The van der Waals surface area contributed by atoms with Crippen LogP contribution >= 0.6 is 23.2 Å². The van der Waals surface area contributed by atoms with Gasteiger partial charge in [0.2, 0.25) is 10.9 Å². The van der Waals surface area contributed by atoms with Gasteiger partial charge in [-0.2, -0.15) is 0 Å². The second kappa shape index (κ2) is 10.9. The molecule has 0 bridgehead atoms. The fourth-order valence-corrected chi connectivity index (χ4v) is 6.39. The van der Waals surface area contributed by atoms with Gasteiger partial charge in [-0.05, 0) is 94.0 Å². The fraction of sp³-hybridized carbons (Fsp3) is 0.323. The maximum atomic E-state index is 12.7. The Kier molecular flexibility index (Phi) is 7.58. The van der Waals surface area contributed by atoms with E-state index in [-0.39, 0.29) is 29.4 Å². The molecule has 1 aliphatic heterocycles. The van der Waals surface area contributed by atoms with E-state index in [0.717, 1.165) is 18.4 Å². The summed E-state index contributed by atoms with van der Waals surface area (Å²) in [7, 11) is -3.73. The summed E-state index contributed by atoms with van der Waals surface area (Å²) in [5, 5.41) is 11.5. The molecule has 12 heteroatoms. The van der Waals surface area contributed by atoms with Gasteiger partial charge >= 0.3 is 13.1 Å². The van der Waals surface area contributed by atoms with E-state index in [9.17, 15) is 18.3 Å². The zero-order valence-corrected chi connectivity index (χ0v) is 26.4. The van der Waals surface area contributed by atoms with Gasteiger partial charge in [-0.25, -0.2) is 13.2 Å². The molecular weight excluding hydrogens is 612 g/mol. The van der Waals surface area contributed by atoms with Crippen LogP contribution < -0.4 is 9.77 Å². The van der Waals surface area contributed by atoms with E-state index >= 15 is 0 Å². The van der Waals surface area contributed by atoms with E-state index in [0.29, 0.717) is 37.7 Å². The molecule has 0 atom stereocenters. The molecule has 0 spiro atoms. The minimum Gasteiger partial charge on any atom is -0.478 e. The van der Waals surface area contributed by atoms with Crippen molar-refractivity contribution in [2.45, 2.75) is 64.2 Å². The average molecular weight is 642 g/mol. The number of carboxylic acids is 1. The van der Waals surface area contributed by atoms with Gasteiger partial charge in [0.05, 0.1) is 23.4 Å². The Morgan fingerprint density at radius 2 is 1.65 bits per heavy atom. The van der Waals surface area contributed by atoms with Crippen LogP contribution in [-0.2, 0) is 26.7 Å². The van der Waals surface area contributed by atoms with Crippen molar-refractivity contribution in [3.63, 3.8) is 0 Å². The normalized spacial score (nSPS) is 17.6. The lowest BCUT2D eigenvalue weighted by Crippen LogP contribution is -2.41. The molecule has 1 aromatic heterocycles. The van der Waals surface area contributed by atoms with Gasteiger partial charge < -0.3 is 18.8 Å². The Bertz CT molecular complexity index is 1810. The summed E-state index contributed by atoms with van der Waals surface area (Å²) in [5.74, 6) is -0.843. The number of aromatic carboxylic acids is 1. The van der Waals surface area contributed by atoms with Gasteiger partial charge in [0, 0.05) is 32.5 Å². The first kappa shape index (κ1) is 30.0. The molecule has 43 heavy (non-hydrogen) atoms. The predicted octanol–water partition coefficient (Wildman–Crippen LogP) is 6.81. The highest BCUT2D eigenvalue weighted by Crippen LogP contribution is 2.48. The molecule has 2 heterocycles. The number of hydrogen-bond donors (Lipinski definition) is 2. The van der Waals surface area contributed by atoms with Gasteiger partial charge in [-0.1, -0.05) is 35.3 Å². The first-order chi connectivity index (χ1) is 20.3. The standard InChI is InChI=1S/C31H30BCl2NO7S/c1-30(2)31(3,4)42-32(41-30)23-12-5-17(13-24(23)34)16-35(43(38)39)25-15-26-22(14-21(25)18-6-7-18)27(29(36)37)28(40-26)19-8-10-20(33)11-9-19/h5,8-15,18,43H,6-7,16H2,1-4H3,(H,36,37). The van der Waals surface area contributed by atoms with E-state index in [1.54, 1.807) is 48.5 Å². The molecule has 1 aliphatic carbocycles. The molecule has 0 unspecified atom stereocenters. The number of carbonyl (C=O) groups is 1. The van der Waals surface area contributed by atoms with Crippen molar-refractivity contribution in [3.8, 4) is 11.3 Å². The number of nitrogens with zero attached hydrogens (tertiary/aromatic N) is 1. The lowest BCUT2D eigenvalue weighted by molar-refractivity contribution is 0.00578. The third-order valence-corrected chi connectivity index (χ3v) is 9.88. The topological polar surface area (TPSA) is 106 Å². The monoisotopic (exact) mass is 641 g/mol. The zero-order chi connectivity index (χ0) is 30.8. The van der Waals surface area contributed by atoms with Crippen molar-refractivity contribution < 1.29 is 32.0 Å². The first-order valence-corrected chi connectivity index (χ1v) is 15.8. The summed E-state index contributed by atoms with van der Waals surface area (Å²) in [4.78, 5) is 12.4. The Hall–Kier alpha value is -3.02. The molecule has 2 fully saturated rings. The van der Waals surface area contributed by atoms with E-state index in [1.807, 2.05) is 33.8 Å². The summed E-state index contributed by atoms with van der Waals surface area (Å²) in [6.07, 6.45) is 1.75. The number of furan rings is 1. The van der Waals surface area contributed by atoms with Crippen molar-refractivity contribution in [2.75, 3.05) is 4.31 Å². The maximum absolute atomic E-state index is 12.7. The van der Waals surface area contributed by atoms with Crippen molar-refractivity contribution in [1.82, 2.24) is 0 Å². The first-order valence-electron chi connectivity index (χ1n) is 13.9. The molecule has 6 rings (SSSR count). The fourth-order valence-electron chi connectivity index (χ4n) is 5.34. The third kappa shape index (κ3) is 5.55. The minimum absolute atomic E-state index is 0.0177. The van der Waals surface area contributed by atoms with Crippen molar-refractivity contribution in [3.05, 3.63) is 81.3 Å². The predicted molar refractivity (Wildman–Crippen MR) is 169 cm³/mol. The molecule has 1 saturated heterocycles. The van der Waals surface area contributed by atoms with Crippen LogP contribution in [0.1, 0.15) is 67.9 Å². The van der Waals surface area contributed by atoms with Crippen molar-refractivity contribution in [2.24, 2.45) is 0 Å². The van der Waals surface area contributed by atoms with Crippen molar-refractivity contribution in [1.29, 1.82) is 0 Å². The number of anilines is 1. The van der Waals surface area contributed by atoms with Gasteiger partial charge in [0.25, 0.3) is 0 Å². The summed E-state index contributed by atoms with van der Waals surface area (Å²) in [5.41, 5.74) is 2.32. The molecule has 1 N–H and O–H groups in total. The molecule has 1 saturated carbocycles. The van der Waals surface area contributed by atoms with Crippen LogP contribution in [0, 0.1) is 0 Å². The van der Waals surface area contributed by atoms with E-state index in [4.69, 9.17) is 36.9 Å². The lowest BCUT2D eigenvalue weighted by atomic mass is 9.78. The SMILES string of the molecule is CC1(C)OB(c2ccc(CN(c3cc4oc(-c5ccc(Cl)cc5)c(C(=O)O)c4cc3C3CC3)[SH](=O)=O)cc2Cl)OC1(C)C. The van der Waals surface area contributed by atoms with Gasteiger partial charge in [0.15, 0.2) is 0 Å². The Balaban J connectivity index is 1.39. The number of benzene rings is 3. The number of fused-ring (bicyclic) bond motifs is 1. The van der Waals surface area contributed by atoms with Gasteiger partial charge in [-0.3, -0.25) is 4.31 Å². The van der Waals surface area contributed by atoms with Crippen LogP contribution in [0.15, 0.2) is 59.0 Å². The van der Waals surface area contributed by atoms with Gasteiger partial charge in [-0.15, -0.1) is 0 Å². The summed E-state index contributed by atoms with van der Waals surface area (Å²) in [6, 6.07) is 15.4. The van der Waals surface area contributed by atoms with Crippen LogP contribution in [0.2, 0.25) is 10.0 Å².